The number of rotatable bonds is 6. The van der Waals surface area contributed by atoms with Crippen molar-refractivity contribution >= 4 is 5.91 Å². The second kappa shape index (κ2) is 6.36. The first-order valence-corrected chi connectivity index (χ1v) is 7.43. The highest BCUT2D eigenvalue weighted by Crippen LogP contribution is 2.38. The van der Waals surface area contributed by atoms with Gasteiger partial charge in [0.25, 0.3) is 5.91 Å². The number of hydrogen-bond acceptors (Lipinski definition) is 3. The molecule has 1 aromatic carbocycles. The zero-order chi connectivity index (χ0) is 16.4. The zero-order valence-corrected chi connectivity index (χ0v) is 12.3. The lowest BCUT2D eigenvalue weighted by molar-refractivity contribution is 0.0940. The molecule has 1 atom stereocenters. The minimum Gasteiger partial charge on any atom is -0.416 e. The molecule has 1 saturated carbocycles. The van der Waals surface area contributed by atoms with Gasteiger partial charge in [-0.2, -0.15) is 0 Å². The van der Waals surface area contributed by atoms with Gasteiger partial charge in [-0.05, 0) is 42.7 Å². The van der Waals surface area contributed by atoms with Crippen LogP contribution in [0, 0.1) is 23.5 Å². The topological polar surface area (TPSA) is 75.1 Å². The van der Waals surface area contributed by atoms with Crippen molar-refractivity contribution in [1.82, 2.24) is 10.3 Å². The Morgan fingerprint density at radius 3 is 2.78 bits per heavy atom. The summed E-state index contributed by atoms with van der Waals surface area (Å²) in [4.78, 5) is 25.1. The summed E-state index contributed by atoms with van der Waals surface area (Å²) in [5.74, 6) is -1.82. The van der Waals surface area contributed by atoms with Gasteiger partial charge in [0.1, 0.15) is 23.6 Å². The van der Waals surface area contributed by atoms with Gasteiger partial charge in [-0.1, -0.05) is 6.07 Å². The lowest BCUT2D eigenvalue weighted by Crippen LogP contribution is -2.31. The third kappa shape index (κ3) is 3.85. The number of amides is 1. The molecular weight excluding hydrogens is 306 g/mol. The first kappa shape index (κ1) is 15.5. The molecule has 0 saturated heterocycles. The van der Waals surface area contributed by atoms with Gasteiger partial charge in [-0.25, -0.2) is 13.6 Å². The van der Waals surface area contributed by atoms with Crippen molar-refractivity contribution in [2.75, 3.05) is 6.54 Å². The van der Waals surface area contributed by atoms with Gasteiger partial charge in [0.05, 0.1) is 0 Å². The van der Waals surface area contributed by atoms with Crippen molar-refractivity contribution in [3.63, 3.8) is 0 Å². The van der Waals surface area contributed by atoms with E-state index in [4.69, 9.17) is 0 Å². The summed E-state index contributed by atoms with van der Waals surface area (Å²) in [5, 5.41) is 2.72. The zero-order valence-electron chi connectivity index (χ0n) is 12.3. The number of aromatic amines is 1. The van der Waals surface area contributed by atoms with E-state index in [1.54, 1.807) is 0 Å². The Morgan fingerprint density at radius 1 is 1.39 bits per heavy atom. The number of oxazole rings is 1. The van der Waals surface area contributed by atoms with E-state index in [9.17, 15) is 18.4 Å². The number of hydrogen-bond donors (Lipinski definition) is 2. The second-order valence-corrected chi connectivity index (χ2v) is 5.81. The standard InChI is InChI=1S/C16H16F2N2O3/c17-12-4-3-10(13(18)6-12)5-11(9-1-2-9)7-19-15(21)14-8-23-16(22)20-14/h3-4,6,8-9,11H,1-2,5,7H2,(H,19,21)(H,20,22)/t11-/m0/s1. The maximum atomic E-state index is 13.8. The third-order valence-corrected chi connectivity index (χ3v) is 4.08. The van der Waals surface area contributed by atoms with Gasteiger partial charge < -0.3 is 9.73 Å². The van der Waals surface area contributed by atoms with E-state index in [-0.39, 0.29) is 11.6 Å². The Balaban J connectivity index is 1.63. The molecule has 1 amide bonds. The average molecular weight is 322 g/mol. The molecule has 1 aliphatic rings. The summed E-state index contributed by atoms with van der Waals surface area (Å²) < 4.78 is 31.3. The van der Waals surface area contributed by atoms with Gasteiger partial charge in [0.15, 0.2) is 0 Å². The normalized spacial score (nSPS) is 15.4. The first-order chi connectivity index (χ1) is 11.0. The van der Waals surface area contributed by atoms with Crippen LogP contribution in [-0.2, 0) is 6.42 Å². The van der Waals surface area contributed by atoms with Crippen molar-refractivity contribution in [2.45, 2.75) is 19.3 Å². The van der Waals surface area contributed by atoms with Crippen LogP contribution in [0.5, 0.6) is 0 Å². The molecule has 0 aliphatic heterocycles. The van der Waals surface area contributed by atoms with Crippen LogP contribution in [-0.4, -0.2) is 17.4 Å². The van der Waals surface area contributed by atoms with Crippen LogP contribution in [0.4, 0.5) is 8.78 Å². The van der Waals surface area contributed by atoms with Crippen LogP contribution in [0.1, 0.15) is 28.9 Å². The lowest BCUT2D eigenvalue weighted by Gasteiger charge is -2.17. The molecule has 23 heavy (non-hydrogen) atoms. The molecule has 1 aliphatic carbocycles. The van der Waals surface area contributed by atoms with Crippen LogP contribution < -0.4 is 11.1 Å². The van der Waals surface area contributed by atoms with Gasteiger partial charge in [0, 0.05) is 12.6 Å². The molecule has 0 spiro atoms. The number of aromatic nitrogens is 1. The number of carbonyl (C=O) groups excluding carboxylic acids is 1. The largest absolute Gasteiger partial charge is 0.416 e. The van der Waals surface area contributed by atoms with E-state index < -0.39 is 23.3 Å². The minimum absolute atomic E-state index is 0.0532. The Bertz CT molecular complexity index is 765. The van der Waals surface area contributed by atoms with Crippen LogP contribution in [0.25, 0.3) is 0 Å². The predicted molar refractivity (Wildman–Crippen MR) is 77.9 cm³/mol. The quantitative estimate of drug-likeness (QED) is 0.856. The van der Waals surface area contributed by atoms with Crippen molar-refractivity contribution in [2.24, 2.45) is 11.8 Å². The van der Waals surface area contributed by atoms with Crippen LogP contribution in [0.3, 0.4) is 0 Å². The summed E-state index contributed by atoms with van der Waals surface area (Å²) in [6, 6.07) is 3.54. The Kier molecular flexibility index (Phi) is 4.27. The molecule has 1 fully saturated rings. The summed E-state index contributed by atoms with van der Waals surface area (Å²) in [6.07, 6.45) is 3.56. The van der Waals surface area contributed by atoms with E-state index in [0.29, 0.717) is 24.4 Å². The number of carbonyl (C=O) groups is 1. The van der Waals surface area contributed by atoms with Gasteiger partial charge in [0.2, 0.25) is 0 Å². The van der Waals surface area contributed by atoms with Crippen molar-refractivity contribution in [3.05, 3.63) is 57.9 Å². The number of nitrogens with one attached hydrogen (secondary N) is 2. The molecule has 5 nitrogen and oxygen atoms in total. The summed E-state index contributed by atoms with van der Waals surface area (Å²) in [7, 11) is 0. The maximum Gasteiger partial charge on any atom is 0.416 e. The SMILES string of the molecule is O=C(NC[C@H](Cc1ccc(F)cc1F)C1CC1)c1coc(=O)[nH]1. The Hall–Kier alpha value is -2.44. The van der Waals surface area contributed by atoms with E-state index in [1.807, 2.05) is 0 Å². The first-order valence-electron chi connectivity index (χ1n) is 7.43. The van der Waals surface area contributed by atoms with Gasteiger partial charge >= 0.3 is 5.76 Å². The van der Waals surface area contributed by atoms with Crippen LogP contribution >= 0.6 is 0 Å². The van der Waals surface area contributed by atoms with Crippen molar-refractivity contribution in [1.29, 1.82) is 0 Å². The van der Waals surface area contributed by atoms with Crippen molar-refractivity contribution in [3.8, 4) is 0 Å². The molecule has 7 heteroatoms. The lowest BCUT2D eigenvalue weighted by atomic mass is 9.94. The van der Waals surface area contributed by atoms with E-state index >= 15 is 0 Å². The average Bonchev–Trinajstić information content (AvgIpc) is 3.26. The molecular formula is C16H16F2N2O3. The van der Waals surface area contributed by atoms with Gasteiger partial charge in [-0.15, -0.1) is 0 Å². The smallest absolute Gasteiger partial charge is 0.416 e. The molecule has 3 rings (SSSR count). The number of benzene rings is 1. The van der Waals surface area contributed by atoms with Gasteiger partial charge in [-0.3, -0.25) is 9.78 Å². The molecule has 2 N–H and O–H groups in total. The Labute approximate surface area is 130 Å². The maximum absolute atomic E-state index is 13.8. The molecule has 122 valence electrons. The van der Waals surface area contributed by atoms with Crippen LogP contribution in [0.15, 0.2) is 33.7 Å². The van der Waals surface area contributed by atoms with Crippen molar-refractivity contribution < 1.29 is 18.0 Å². The highest BCUT2D eigenvalue weighted by Gasteiger charge is 2.32. The summed E-state index contributed by atoms with van der Waals surface area (Å²) in [5.41, 5.74) is 0.492. The number of H-pyrrole nitrogens is 1. The number of halogens is 2. The summed E-state index contributed by atoms with van der Waals surface area (Å²) >= 11 is 0. The molecule has 0 bridgehead atoms. The predicted octanol–water partition coefficient (Wildman–Crippen LogP) is 2.24. The van der Waals surface area contributed by atoms with E-state index in [1.165, 1.54) is 12.1 Å². The van der Waals surface area contributed by atoms with E-state index in [0.717, 1.165) is 25.2 Å². The molecule has 1 heterocycles. The monoisotopic (exact) mass is 322 g/mol. The highest BCUT2D eigenvalue weighted by atomic mass is 19.1. The summed E-state index contributed by atoms with van der Waals surface area (Å²) in [6.45, 7) is 0.355. The molecule has 1 aromatic heterocycles. The third-order valence-electron chi connectivity index (χ3n) is 4.08. The highest BCUT2D eigenvalue weighted by molar-refractivity contribution is 5.91. The molecule has 0 unspecified atom stereocenters. The molecule has 0 radical (unpaired) electrons. The molecule has 2 aromatic rings. The fraction of sp³-hybridized carbons (Fsp3) is 0.375. The fourth-order valence-corrected chi connectivity index (χ4v) is 2.65. The minimum atomic E-state index is -0.692. The van der Waals surface area contributed by atoms with Crippen LogP contribution in [0.2, 0.25) is 0 Å². The second-order valence-electron chi connectivity index (χ2n) is 5.81. The fourth-order valence-electron chi connectivity index (χ4n) is 2.65. The Morgan fingerprint density at radius 2 is 2.17 bits per heavy atom. The van der Waals surface area contributed by atoms with E-state index in [2.05, 4.69) is 14.7 Å².